The summed E-state index contributed by atoms with van der Waals surface area (Å²) < 4.78 is 10.4. The highest BCUT2D eigenvalue weighted by Gasteiger charge is 2.44. The van der Waals surface area contributed by atoms with Crippen LogP contribution in [0.4, 0.5) is 5.69 Å². The maximum atomic E-state index is 10.5. The van der Waals surface area contributed by atoms with E-state index in [9.17, 15) is 25.4 Å². The van der Waals surface area contributed by atoms with Gasteiger partial charge in [-0.1, -0.05) is 0 Å². The molecule has 1 aliphatic rings. The highest BCUT2D eigenvalue weighted by molar-refractivity contribution is 5.36. The molecule has 1 fully saturated rings. The molecular weight excluding hydrogens is 286 g/mol. The van der Waals surface area contributed by atoms with Crippen molar-refractivity contribution in [1.82, 2.24) is 0 Å². The summed E-state index contributed by atoms with van der Waals surface area (Å²) in [6, 6.07) is 5.03. The minimum atomic E-state index is -1.54. The zero-order valence-corrected chi connectivity index (χ0v) is 10.8. The number of aliphatic hydroxyl groups is 4. The van der Waals surface area contributed by atoms with Gasteiger partial charge in [0.25, 0.3) is 5.69 Å². The van der Waals surface area contributed by atoms with E-state index in [0.29, 0.717) is 0 Å². The van der Waals surface area contributed by atoms with Gasteiger partial charge in [-0.25, -0.2) is 0 Å². The smallest absolute Gasteiger partial charge is 0.269 e. The first-order chi connectivity index (χ1) is 9.93. The maximum Gasteiger partial charge on any atom is 0.269 e. The second kappa shape index (κ2) is 6.33. The Bertz CT molecular complexity index is 491. The average Bonchev–Trinajstić information content (AvgIpc) is 2.48. The van der Waals surface area contributed by atoms with Gasteiger partial charge < -0.3 is 29.9 Å². The van der Waals surface area contributed by atoms with Crippen molar-refractivity contribution in [3.05, 3.63) is 34.4 Å². The molecule has 0 unspecified atom stereocenters. The summed E-state index contributed by atoms with van der Waals surface area (Å²) in [7, 11) is 0. The number of nitro groups is 1. The molecule has 1 aromatic carbocycles. The minimum absolute atomic E-state index is 0.129. The Morgan fingerprint density at radius 3 is 2.29 bits per heavy atom. The number of benzene rings is 1. The molecule has 21 heavy (non-hydrogen) atoms. The Morgan fingerprint density at radius 1 is 1.14 bits per heavy atom. The van der Waals surface area contributed by atoms with E-state index in [1.165, 1.54) is 24.3 Å². The molecule has 1 heterocycles. The van der Waals surface area contributed by atoms with Gasteiger partial charge in [0.05, 0.1) is 11.5 Å². The summed E-state index contributed by atoms with van der Waals surface area (Å²) in [5, 5.41) is 48.6. The molecule has 0 saturated carbocycles. The third-order valence-corrected chi connectivity index (χ3v) is 3.15. The van der Waals surface area contributed by atoms with Gasteiger partial charge in [0.2, 0.25) is 6.29 Å². The molecule has 0 bridgehead atoms. The van der Waals surface area contributed by atoms with E-state index in [2.05, 4.69) is 0 Å². The fraction of sp³-hybridized carbons (Fsp3) is 0.500. The fourth-order valence-corrected chi connectivity index (χ4v) is 1.95. The number of aliphatic hydroxyl groups excluding tert-OH is 4. The number of non-ortho nitro benzene ring substituents is 1. The van der Waals surface area contributed by atoms with Crippen LogP contribution >= 0.6 is 0 Å². The Kier molecular flexibility index (Phi) is 4.70. The molecule has 5 atom stereocenters. The van der Waals surface area contributed by atoms with E-state index in [-0.39, 0.29) is 11.4 Å². The van der Waals surface area contributed by atoms with Crippen molar-refractivity contribution in [3.63, 3.8) is 0 Å². The SMILES string of the molecule is O=[N+]([O-])c1ccc(O[C@@H]2O[C@H](CO)[C@@H](O)[C@@H](O)[C@H]2O)cc1. The first kappa shape index (κ1) is 15.6. The van der Waals surface area contributed by atoms with Crippen LogP contribution in [-0.2, 0) is 4.74 Å². The van der Waals surface area contributed by atoms with E-state index < -0.39 is 42.2 Å². The van der Waals surface area contributed by atoms with Crippen LogP contribution in [0.1, 0.15) is 0 Å². The molecule has 0 radical (unpaired) electrons. The lowest BCUT2D eigenvalue weighted by Gasteiger charge is -2.39. The summed E-state index contributed by atoms with van der Waals surface area (Å²) in [4.78, 5) is 9.95. The van der Waals surface area contributed by atoms with E-state index in [1.54, 1.807) is 0 Å². The summed E-state index contributed by atoms with van der Waals surface area (Å²) >= 11 is 0. The van der Waals surface area contributed by atoms with Crippen LogP contribution in [0.5, 0.6) is 5.75 Å². The van der Waals surface area contributed by atoms with Crippen molar-refractivity contribution in [3.8, 4) is 5.75 Å². The first-order valence-electron chi connectivity index (χ1n) is 6.15. The van der Waals surface area contributed by atoms with Gasteiger partial charge in [-0.3, -0.25) is 10.1 Å². The topological polar surface area (TPSA) is 143 Å². The summed E-state index contributed by atoms with van der Waals surface area (Å²) in [5.41, 5.74) is -0.129. The molecule has 1 aromatic rings. The molecule has 116 valence electrons. The van der Waals surface area contributed by atoms with Crippen LogP contribution in [0.3, 0.4) is 0 Å². The molecular formula is C12H15NO8. The molecule has 0 amide bonds. The van der Waals surface area contributed by atoms with E-state index in [4.69, 9.17) is 14.6 Å². The Labute approximate surface area is 119 Å². The number of ether oxygens (including phenoxy) is 2. The predicted molar refractivity (Wildman–Crippen MR) is 67.5 cm³/mol. The number of hydrogen-bond donors (Lipinski definition) is 4. The van der Waals surface area contributed by atoms with Crippen LogP contribution in [0.25, 0.3) is 0 Å². The van der Waals surface area contributed by atoms with Crippen molar-refractivity contribution in [1.29, 1.82) is 0 Å². The van der Waals surface area contributed by atoms with Gasteiger partial charge in [0, 0.05) is 12.1 Å². The number of hydrogen-bond acceptors (Lipinski definition) is 8. The second-order valence-corrected chi connectivity index (χ2v) is 4.57. The lowest BCUT2D eigenvalue weighted by Crippen LogP contribution is -2.60. The van der Waals surface area contributed by atoms with Gasteiger partial charge in [0.15, 0.2) is 0 Å². The molecule has 2 rings (SSSR count). The third-order valence-electron chi connectivity index (χ3n) is 3.15. The predicted octanol–water partition coefficient (Wildman–Crippen LogP) is -1.23. The summed E-state index contributed by atoms with van der Waals surface area (Å²) in [6.07, 6.45) is -6.94. The quantitative estimate of drug-likeness (QED) is 0.400. The van der Waals surface area contributed by atoms with Crippen LogP contribution in [0, 0.1) is 10.1 Å². The highest BCUT2D eigenvalue weighted by Crippen LogP contribution is 2.25. The van der Waals surface area contributed by atoms with Gasteiger partial charge in [-0.15, -0.1) is 0 Å². The van der Waals surface area contributed by atoms with Gasteiger partial charge in [-0.05, 0) is 12.1 Å². The van der Waals surface area contributed by atoms with E-state index in [0.717, 1.165) is 0 Å². The Balaban J connectivity index is 2.08. The molecule has 1 saturated heterocycles. The Hall–Kier alpha value is -1.78. The highest BCUT2D eigenvalue weighted by atomic mass is 16.7. The van der Waals surface area contributed by atoms with Gasteiger partial charge >= 0.3 is 0 Å². The molecule has 9 heteroatoms. The summed E-state index contributed by atoms with van der Waals surface area (Å²) in [5.74, 6) is 0.171. The molecule has 0 aliphatic carbocycles. The number of nitro benzene ring substituents is 1. The van der Waals surface area contributed by atoms with Crippen LogP contribution < -0.4 is 4.74 Å². The fourth-order valence-electron chi connectivity index (χ4n) is 1.95. The normalized spacial score (nSPS) is 32.7. The number of nitrogens with zero attached hydrogens (tertiary/aromatic N) is 1. The average molecular weight is 301 g/mol. The second-order valence-electron chi connectivity index (χ2n) is 4.57. The zero-order valence-electron chi connectivity index (χ0n) is 10.8. The van der Waals surface area contributed by atoms with Gasteiger partial charge in [-0.2, -0.15) is 0 Å². The number of rotatable bonds is 4. The van der Waals surface area contributed by atoms with Crippen LogP contribution in [0.15, 0.2) is 24.3 Å². The van der Waals surface area contributed by atoms with Crippen LogP contribution in [-0.4, -0.2) is 62.7 Å². The molecule has 9 nitrogen and oxygen atoms in total. The van der Waals surface area contributed by atoms with E-state index in [1.807, 2.05) is 0 Å². The summed E-state index contributed by atoms with van der Waals surface area (Å²) in [6.45, 7) is -0.564. The Morgan fingerprint density at radius 2 is 1.76 bits per heavy atom. The van der Waals surface area contributed by atoms with Crippen molar-refractivity contribution in [2.75, 3.05) is 6.61 Å². The van der Waals surface area contributed by atoms with Crippen molar-refractivity contribution in [2.24, 2.45) is 0 Å². The first-order valence-corrected chi connectivity index (χ1v) is 6.15. The molecule has 4 N–H and O–H groups in total. The van der Waals surface area contributed by atoms with Crippen molar-refractivity contribution in [2.45, 2.75) is 30.7 Å². The third kappa shape index (κ3) is 3.28. The van der Waals surface area contributed by atoms with Gasteiger partial charge in [0.1, 0.15) is 30.2 Å². The van der Waals surface area contributed by atoms with Crippen molar-refractivity contribution < 1.29 is 34.8 Å². The van der Waals surface area contributed by atoms with Crippen molar-refractivity contribution >= 4 is 5.69 Å². The molecule has 1 aliphatic heterocycles. The molecule has 0 aromatic heterocycles. The van der Waals surface area contributed by atoms with E-state index >= 15 is 0 Å². The molecule has 0 spiro atoms. The lowest BCUT2D eigenvalue weighted by atomic mass is 9.99. The zero-order chi connectivity index (χ0) is 15.6. The van der Waals surface area contributed by atoms with Crippen LogP contribution in [0.2, 0.25) is 0 Å². The minimum Gasteiger partial charge on any atom is -0.462 e. The maximum absolute atomic E-state index is 10.5. The standard InChI is InChI=1S/C12H15NO8/c14-5-8-9(15)10(16)11(17)12(21-8)20-7-3-1-6(2-4-7)13(18)19/h1-4,8-12,14-17H,5H2/t8-,9-,10-,11-,12-/m1/s1. The lowest BCUT2D eigenvalue weighted by molar-refractivity contribution is -0.384. The monoisotopic (exact) mass is 301 g/mol. The largest absolute Gasteiger partial charge is 0.462 e.